The van der Waals surface area contributed by atoms with E-state index < -0.39 is 17.9 Å². The number of nitrogens with zero attached hydrogens (tertiary/aromatic N) is 5. The molecule has 4 aromatic carbocycles. The van der Waals surface area contributed by atoms with Crippen molar-refractivity contribution in [1.29, 1.82) is 0 Å². The lowest BCUT2D eigenvalue weighted by Crippen LogP contribution is -2.30. The number of phenolic OH excluding ortho intramolecular Hbond substituents is 1. The van der Waals surface area contributed by atoms with Gasteiger partial charge in [0.25, 0.3) is 0 Å². The van der Waals surface area contributed by atoms with Crippen molar-refractivity contribution < 1.29 is 33.6 Å². The topological polar surface area (TPSA) is 141 Å². The summed E-state index contributed by atoms with van der Waals surface area (Å²) in [4.78, 5) is 31.1. The van der Waals surface area contributed by atoms with Crippen molar-refractivity contribution in [2.45, 2.75) is 26.1 Å². The number of methoxy groups -OCH3 is 1. The summed E-state index contributed by atoms with van der Waals surface area (Å²) >= 11 is 6.48. The molecule has 0 saturated heterocycles. The van der Waals surface area contributed by atoms with Crippen molar-refractivity contribution in [1.82, 2.24) is 24.3 Å². The number of fused-ring (bicyclic) bond motifs is 1. The van der Waals surface area contributed by atoms with Gasteiger partial charge in [-0.2, -0.15) is 0 Å². The highest BCUT2D eigenvalue weighted by atomic mass is 35.5. The molecule has 0 spiro atoms. The third kappa shape index (κ3) is 7.17. The number of para-hydroxylation sites is 2. The van der Waals surface area contributed by atoms with Crippen molar-refractivity contribution in [3.05, 3.63) is 137 Å². The molecule has 2 N–H and O–H groups in total. The first kappa shape index (κ1) is 34.9. The summed E-state index contributed by atoms with van der Waals surface area (Å²) < 4.78 is 33.4. The quantitative estimate of drug-likeness (QED) is 0.127. The average molecular weight is 732 g/mol. The Morgan fingerprint density at radius 3 is 2.40 bits per heavy atom. The monoisotopic (exact) mass is 731 g/mol. The molecule has 13 heteroatoms. The van der Waals surface area contributed by atoms with Crippen LogP contribution >= 0.6 is 11.6 Å². The van der Waals surface area contributed by atoms with Gasteiger partial charge in [0.1, 0.15) is 35.3 Å². The highest BCUT2D eigenvalue weighted by molar-refractivity contribution is 6.33. The molecule has 0 aliphatic heterocycles. The zero-order chi connectivity index (χ0) is 37.1. The molecule has 7 rings (SSSR count). The SMILES string of the molecule is COc1ccccc1-c1nccc(COc2ccccc2C[C@@H](Oc2nccc3nc(-c4ccc(F)cc4)c(-c4ccc(O)c(Cl)c4C)n23)C(=O)O)n1. The summed E-state index contributed by atoms with van der Waals surface area (Å²) in [6.07, 6.45) is 1.60. The first-order valence-electron chi connectivity index (χ1n) is 16.4. The van der Waals surface area contributed by atoms with E-state index in [1.807, 2.05) is 24.3 Å². The second-order valence-electron chi connectivity index (χ2n) is 11.9. The van der Waals surface area contributed by atoms with Gasteiger partial charge in [-0.25, -0.2) is 33.5 Å². The van der Waals surface area contributed by atoms with Crippen LogP contribution in [0.3, 0.4) is 0 Å². The highest BCUT2D eigenvalue weighted by Crippen LogP contribution is 2.41. The van der Waals surface area contributed by atoms with Crippen LogP contribution in [-0.4, -0.2) is 53.7 Å². The Bertz CT molecular complexity index is 2460. The van der Waals surface area contributed by atoms with Gasteiger partial charge in [0.15, 0.2) is 5.82 Å². The minimum Gasteiger partial charge on any atom is -0.506 e. The number of ether oxygens (including phenoxy) is 3. The number of carboxylic acids is 1. The number of imidazole rings is 1. The summed E-state index contributed by atoms with van der Waals surface area (Å²) in [5.41, 5.74) is 4.88. The van der Waals surface area contributed by atoms with Crippen molar-refractivity contribution >= 4 is 23.2 Å². The van der Waals surface area contributed by atoms with E-state index in [0.29, 0.717) is 62.3 Å². The largest absolute Gasteiger partial charge is 0.506 e. The molecule has 3 heterocycles. The van der Waals surface area contributed by atoms with Gasteiger partial charge in [-0.05, 0) is 84.8 Å². The molecule has 53 heavy (non-hydrogen) atoms. The van der Waals surface area contributed by atoms with Crippen LogP contribution in [0.2, 0.25) is 5.02 Å². The molecule has 1 atom stereocenters. The van der Waals surface area contributed by atoms with Crippen LogP contribution in [0.1, 0.15) is 16.8 Å². The molecule has 0 saturated carbocycles. The van der Waals surface area contributed by atoms with Gasteiger partial charge in [-0.1, -0.05) is 41.9 Å². The number of phenols is 1. The second-order valence-corrected chi connectivity index (χ2v) is 12.3. The van der Waals surface area contributed by atoms with Crippen LogP contribution in [0.5, 0.6) is 23.3 Å². The van der Waals surface area contributed by atoms with E-state index in [1.54, 1.807) is 79.2 Å². The number of carboxylic acid groups (broad SMARTS) is 1. The van der Waals surface area contributed by atoms with Gasteiger partial charge in [0.05, 0.1) is 34.8 Å². The first-order valence-corrected chi connectivity index (χ1v) is 16.8. The Kier molecular flexibility index (Phi) is 9.87. The Labute approximate surface area is 307 Å². The van der Waals surface area contributed by atoms with E-state index in [1.165, 1.54) is 24.4 Å². The molecule has 0 aliphatic carbocycles. The molecule has 0 unspecified atom stereocenters. The van der Waals surface area contributed by atoms with Gasteiger partial charge in [0.2, 0.25) is 6.10 Å². The third-order valence-corrected chi connectivity index (χ3v) is 9.06. The summed E-state index contributed by atoms with van der Waals surface area (Å²) in [7, 11) is 1.58. The Morgan fingerprint density at radius 1 is 0.887 bits per heavy atom. The first-order chi connectivity index (χ1) is 25.7. The summed E-state index contributed by atoms with van der Waals surface area (Å²) in [5, 5.41) is 20.9. The minimum absolute atomic E-state index is 0.0578. The van der Waals surface area contributed by atoms with E-state index >= 15 is 0 Å². The molecule has 266 valence electrons. The fourth-order valence-corrected chi connectivity index (χ4v) is 6.11. The lowest BCUT2D eigenvalue weighted by atomic mass is 10.0. The number of hydrogen-bond acceptors (Lipinski definition) is 9. The Hall–Kier alpha value is -6.53. The molecular weight excluding hydrogens is 701 g/mol. The Morgan fingerprint density at radius 2 is 1.62 bits per heavy atom. The van der Waals surface area contributed by atoms with Crippen LogP contribution in [0.25, 0.3) is 39.5 Å². The maximum Gasteiger partial charge on any atom is 0.345 e. The van der Waals surface area contributed by atoms with Gasteiger partial charge in [0, 0.05) is 29.9 Å². The number of aliphatic carboxylic acids is 1. The zero-order valence-corrected chi connectivity index (χ0v) is 29.2. The van der Waals surface area contributed by atoms with Crippen LogP contribution in [0.15, 0.2) is 109 Å². The lowest BCUT2D eigenvalue weighted by Gasteiger charge is -2.19. The average Bonchev–Trinajstić information content (AvgIpc) is 3.57. The van der Waals surface area contributed by atoms with Gasteiger partial charge >= 0.3 is 12.0 Å². The number of aromatic nitrogens is 5. The van der Waals surface area contributed by atoms with E-state index in [9.17, 15) is 19.4 Å². The molecule has 7 aromatic rings. The lowest BCUT2D eigenvalue weighted by molar-refractivity contribution is -0.145. The molecule has 0 fully saturated rings. The fourth-order valence-electron chi connectivity index (χ4n) is 5.94. The summed E-state index contributed by atoms with van der Waals surface area (Å²) in [5.74, 6) is -0.205. The maximum absolute atomic E-state index is 13.9. The number of carbonyl (C=O) groups is 1. The molecule has 0 amide bonds. The normalized spacial score (nSPS) is 11.7. The van der Waals surface area contributed by atoms with E-state index in [4.69, 9.17) is 30.8 Å². The smallest absolute Gasteiger partial charge is 0.345 e. The molecule has 0 bridgehead atoms. The molecule has 11 nitrogen and oxygen atoms in total. The minimum atomic E-state index is -1.41. The van der Waals surface area contributed by atoms with Crippen molar-refractivity contribution in [3.8, 4) is 57.2 Å². The predicted molar refractivity (Wildman–Crippen MR) is 196 cm³/mol. The van der Waals surface area contributed by atoms with E-state index in [2.05, 4.69) is 15.0 Å². The van der Waals surface area contributed by atoms with Crippen LogP contribution in [-0.2, 0) is 17.8 Å². The number of aromatic hydroxyl groups is 1. The number of hydrogen-bond donors (Lipinski definition) is 2. The van der Waals surface area contributed by atoms with Gasteiger partial charge in [-0.15, -0.1) is 0 Å². The van der Waals surface area contributed by atoms with Crippen molar-refractivity contribution in [2.24, 2.45) is 0 Å². The maximum atomic E-state index is 13.9. The van der Waals surface area contributed by atoms with Crippen molar-refractivity contribution in [3.63, 3.8) is 0 Å². The molecular formula is C40H31ClFN5O6. The summed E-state index contributed by atoms with van der Waals surface area (Å²) in [6, 6.07) is 26.8. The highest BCUT2D eigenvalue weighted by Gasteiger charge is 2.27. The van der Waals surface area contributed by atoms with Crippen molar-refractivity contribution in [2.75, 3.05) is 7.11 Å². The zero-order valence-electron chi connectivity index (χ0n) is 28.4. The predicted octanol–water partition coefficient (Wildman–Crippen LogP) is 7.99. The molecule has 0 radical (unpaired) electrons. The molecule has 0 aliphatic rings. The third-order valence-electron chi connectivity index (χ3n) is 8.58. The van der Waals surface area contributed by atoms with Gasteiger partial charge < -0.3 is 24.4 Å². The van der Waals surface area contributed by atoms with E-state index in [-0.39, 0.29) is 29.8 Å². The van der Waals surface area contributed by atoms with Crippen LogP contribution in [0.4, 0.5) is 4.39 Å². The number of rotatable bonds is 12. The van der Waals surface area contributed by atoms with E-state index in [0.717, 1.165) is 5.56 Å². The number of benzene rings is 4. The number of halogens is 2. The summed E-state index contributed by atoms with van der Waals surface area (Å²) in [6.45, 7) is 1.82. The standard InChI is InChI=1S/C40H31ClFN5O6/c1-23-28(15-16-30(48)35(23)41)37-36(24-11-13-26(42)14-12-24)46-34-18-20-44-40(47(34)37)53-33(39(49)50)21-25-7-3-5-9-31(25)52-22-27-17-19-43-38(45-27)29-8-4-6-10-32(29)51-2/h3-20,33,48H,21-22H2,1-2H3,(H,49,50)/t33-/m1/s1. The Balaban J connectivity index is 1.21. The fraction of sp³-hybridized carbons (Fsp3) is 0.125. The second kappa shape index (κ2) is 15.0. The van der Waals surface area contributed by atoms with Crippen LogP contribution in [0, 0.1) is 12.7 Å². The molecule has 3 aromatic heterocycles. The van der Waals surface area contributed by atoms with Crippen LogP contribution < -0.4 is 14.2 Å². The van der Waals surface area contributed by atoms with Gasteiger partial charge in [-0.3, -0.25) is 0 Å².